The SMILES string of the molecule is COc1cc(OC)c(OC)cc1CN[C@H](C)c1ccccc1Br. The van der Waals surface area contributed by atoms with Gasteiger partial charge in [0.15, 0.2) is 11.5 Å². The minimum absolute atomic E-state index is 0.198. The molecule has 0 amide bonds. The summed E-state index contributed by atoms with van der Waals surface area (Å²) in [7, 11) is 4.90. The molecule has 0 aliphatic carbocycles. The molecule has 0 aliphatic heterocycles. The summed E-state index contributed by atoms with van der Waals surface area (Å²) in [6.07, 6.45) is 0. The van der Waals surface area contributed by atoms with E-state index in [2.05, 4.69) is 34.2 Å². The maximum absolute atomic E-state index is 5.46. The van der Waals surface area contributed by atoms with Gasteiger partial charge < -0.3 is 19.5 Å². The lowest BCUT2D eigenvalue weighted by molar-refractivity contribution is 0.346. The van der Waals surface area contributed by atoms with Gasteiger partial charge in [0.05, 0.1) is 21.3 Å². The number of methoxy groups -OCH3 is 3. The van der Waals surface area contributed by atoms with Gasteiger partial charge in [-0.25, -0.2) is 0 Å². The van der Waals surface area contributed by atoms with E-state index in [0.717, 1.165) is 15.8 Å². The molecule has 1 atom stereocenters. The number of hydrogen-bond donors (Lipinski definition) is 1. The van der Waals surface area contributed by atoms with Crippen LogP contribution in [0.4, 0.5) is 0 Å². The van der Waals surface area contributed by atoms with E-state index in [1.807, 2.05) is 30.3 Å². The molecule has 0 unspecified atom stereocenters. The van der Waals surface area contributed by atoms with Crippen molar-refractivity contribution in [3.63, 3.8) is 0 Å². The standard InChI is InChI=1S/C18H22BrNO3/c1-12(14-7-5-6-8-15(14)19)20-11-13-9-17(22-3)18(23-4)10-16(13)21-2/h5-10,12,20H,11H2,1-4H3/t12-/m1/s1. The summed E-state index contributed by atoms with van der Waals surface area (Å²) in [5.74, 6) is 2.13. The zero-order valence-corrected chi connectivity index (χ0v) is 15.4. The van der Waals surface area contributed by atoms with Crippen molar-refractivity contribution in [1.29, 1.82) is 0 Å². The number of nitrogens with one attached hydrogen (secondary N) is 1. The fourth-order valence-electron chi connectivity index (χ4n) is 2.43. The number of rotatable bonds is 7. The van der Waals surface area contributed by atoms with Crippen LogP contribution in [0.25, 0.3) is 0 Å². The Bertz CT molecular complexity index is 661. The highest BCUT2D eigenvalue weighted by molar-refractivity contribution is 9.10. The smallest absolute Gasteiger partial charge is 0.164 e. The van der Waals surface area contributed by atoms with E-state index in [9.17, 15) is 0 Å². The Kier molecular flexibility index (Phi) is 6.30. The monoisotopic (exact) mass is 379 g/mol. The van der Waals surface area contributed by atoms with Crippen LogP contribution in [0.5, 0.6) is 17.2 Å². The topological polar surface area (TPSA) is 39.7 Å². The molecule has 5 heteroatoms. The van der Waals surface area contributed by atoms with Crippen molar-refractivity contribution < 1.29 is 14.2 Å². The zero-order valence-electron chi connectivity index (χ0n) is 13.9. The largest absolute Gasteiger partial charge is 0.496 e. The van der Waals surface area contributed by atoms with E-state index in [4.69, 9.17) is 14.2 Å². The molecule has 0 fully saturated rings. The van der Waals surface area contributed by atoms with E-state index in [-0.39, 0.29) is 6.04 Å². The molecule has 0 spiro atoms. The van der Waals surface area contributed by atoms with E-state index in [0.29, 0.717) is 18.0 Å². The normalized spacial score (nSPS) is 11.9. The fourth-order valence-corrected chi connectivity index (χ4v) is 3.06. The van der Waals surface area contributed by atoms with Crippen molar-refractivity contribution in [2.45, 2.75) is 19.5 Å². The van der Waals surface area contributed by atoms with E-state index in [1.54, 1.807) is 21.3 Å². The summed E-state index contributed by atoms with van der Waals surface area (Å²) >= 11 is 3.59. The maximum atomic E-state index is 5.46. The highest BCUT2D eigenvalue weighted by Crippen LogP contribution is 2.35. The van der Waals surface area contributed by atoms with Gasteiger partial charge >= 0.3 is 0 Å². The Morgan fingerprint density at radius 2 is 1.57 bits per heavy atom. The minimum atomic E-state index is 0.198. The summed E-state index contributed by atoms with van der Waals surface area (Å²) in [6, 6.07) is 12.2. The lowest BCUT2D eigenvalue weighted by atomic mass is 10.1. The second-order valence-corrected chi connectivity index (χ2v) is 6.00. The molecular weight excluding hydrogens is 358 g/mol. The third-order valence-corrected chi connectivity index (χ3v) is 4.48. The predicted octanol–water partition coefficient (Wildman–Crippen LogP) is 4.33. The number of halogens is 1. The molecule has 0 aliphatic rings. The lowest BCUT2D eigenvalue weighted by Crippen LogP contribution is -2.19. The number of ether oxygens (including phenoxy) is 3. The average molecular weight is 380 g/mol. The Morgan fingerprint density at radius 3 is 2.17 bits per heavy atom. The minimum Gasteiger partial charge on any atom is -0.496 e. The molecule has 0 heterocycles. The average Bonchev–Trinajstić information content (AvgIpc) is 2.59. The van der Waals surface area contributed by atoms with Crippen LogP contribution >= 0.6 is 15.9 Å². The lowest BCUT2D eigenvalue weighted by Gasteiger charge is -2.18. The van der Waals surface area contributed by atoms with Crippen molar-refractivity contribution in [2.24, 2.45) is 0 Å². The van der Waals surface area contributed by atoms with E-state index >= 15 is 0 Å². The van der Waals surface area contributed by atoms with Crippen LogP contribution in [0.3, 0.4) is 0 Å². The van der Waals surface area contributed by atoms with Crippen molar-refractivity contribution >= 4 is 15.9 Å². The summed E-state index contributed by atoms with van der Waals surface area (Å²) in [5.41, 5.74) is 2.23. The molecule has 0 aromatic heterocycles. The quantitative estimate of drug-likeness (QED) is 0.777. The first-order valence-electron chi connectivity index (χ1n) is 7.37. The Morgan fingerprint density at radius 1 is 0.957 bits per heavy atom. The van der Waals surface area contributed by atoms with Gasteiger partial charge in [0.2, 0.25) is 0 Å². The molecule has 2 rings (SSSR count). The first kappa shape index (κ1) is 17.6. The summed E-state index contributed by atoms with van der Waals surface area (Å²) in [6.45, 7) is 2.79. The van der Waals surface area contributed by atoms with Crippen molar-refractivity contribution in [3.05, 3.63) is 52.0 Å². The van der Waals surface area contributed by atoms with Gasteiger partial charge in [-0.1, -0.05) is 34.1 Å². The van der Waals surface area contributed by atoms with Crippen molar-refractivity contribution in [2.75, 3.05) is 21.3 Å². The summed E-state index contributed by atoms with van der Waals surface area (Å²) in [4.78, 5) is 0. The van der Waals surface area contributed by atoms with Gasteiger partial charge in [-0.2, -0.15) is 0 Å². The second-order valence-electron chi connectivity index (χ2n) is 5.14. The molecule has 2 aromatic carbocycles. The first-order valence-corrected chi connectivity index (χ1v) is 8.16. The molecule has 23 heavy (non-hydrogen) atoms. The van der Waals surface area contributed by atoms with Gasteiger partial charge in [0.1, 0.15) is 5.75 Å². The Balaban J connectivity index is 2.18. The van der Waals surface area contributed by atoms with Gasteiger partial charge in [-0.3, -0.25) is 0 Å². The molecule has 0 bridgehead atoms. The molecule has 124 valence electrons. The van der Waals surface area contributed by atoms with Gasteiger partial charge in [-0.05, 0) is 24.6 Å². The van der Waals surface area contributed by atoms with Crippen LogP contribution in [0.2, 0.25) is 0 Å². The van der Waals surface area contributed by atoms with E-state index < -0.39 is 0 Å². The number of benzene rings is 2. The van der Waals surface area contributed by atoms with Crippen LogP contribution in [-0.2, 0) is 6.54 Å². The Labute approximate surface area is 145 Å². The van der Waals surface area contributed by atoms with Crippen LogP contribution in [0, 0.1) is 0 Å². The second kappa shape index (κ2) is 8.22. The van der Waals surface area contributed by atoms with Crippen LogP contribution in [-0.4, -0.2) is 21.3 Å². The molecule has 4 nitrogen and oxygen atoms in total. The van der Waals surface area contributed by atoms with Crippen LogP contribution < -0.4 is 19.5 Å². The highest BCUT2D eigenvalue weighted by atomic mass is 79.9. The first-order chi connectivity index (χ1) is 11.1. The molecule has 2 aromatic rings. The van der Waals surface area contributed by atoms with E-state index in [1.165, 1.54) is 5.56 Å². The molecule has 0 saturated carbocycles. The van der Waals surface area contributed by atoms with Crippen LogP contribution in [0.1, 0.15) is 24.1 Å². The third-order valence-electron chi connectivity index (χ3n) is 3.76. The molecule has 0 radical (unpaired) electrons. The predicted molar refractivity (Wildman–Crippen MR) is 95.5 cm³/mol. The van der Waals surface area contributed by atoms with Crippen molar-refractivity contribution in [3.8, 4) is 17.2 Å². The molecule has 1 N–H and O–H groups in total. The molecule has 0 saturated heterocycles. The molecular formula is C18H22BrNO3. The third kappa shape index (κ3) is 4.18. The maximum Gasteiger partial charge on any atom is 0.164 e. The fraction of sp³-hybridized carbons (Fsp3) is 0.333. The van der Waals surface area contributed by atoms with Crippen LogP contribution in [0.15, 0.2) is 40.9 Å². The van der Waals surface area contributed by atoms with Crippen molar-refractivity contribution in [1.82, 2.24) is 5.32 Å². The van der Waals surface area contributed by atoms with Gasteiger partial charge in [0, 0.05) is 28.7 Å². The number of hydrogen-bond acceptors (Lipinski definition) is 4. The summed E-state index contributed by atoms with van der Waals surface area (Å²) in [5, 5.41) is 3.51. The summed E-state index contributed by atoms with van der Waals surface area (Å²) < 4.78 is 17.2. The Hall–Kier alpha value is -1.72. The van der Waals surface area contributed by atoms with Gasteiger partial charge in [0.25, 0.3) is 0 Å². The zero-order chi connectivity index (χ0) is 16.8. The highest BCUT2D eigenvalue weighted by Gasteiger charge is 2.14. The van der Waals surface area contributed by atoms with Gasteiger partial charge in [-0.15, -0.1) is 0 Å².